The molecule has 0 bridgehead atoms. The first-order valence-electron chi connectivity index (χ1n) is 12.0. The number of allylic oxidation sites excluding steroid dienone is 12. The van der Waals surface area contributed by atoms with E-state index in [4.69, 9.17) is 14.6 Å². The summed E-state index contributed by atoms with van der Waals surface area (Å²) in [7, 11) is 0. The average Bonchev–Trinajstić information content (AvgIpc) is 2.81. The maximum absolute atomic E-state index is 11.2. The molecule has 180 valence electrons. The van der Waals surface area contributed by atoms with Crippen LogP contribution in [0.3, 0.4) is 0 Å². The number of carbonyl (C=O) groups excluding carboxylic acids is 1. The molecule has 0 radical (unpaired) electrons. The van der Waals surface area contributed by atoms with Crippen LogP contribution in [0.1, 0.15) is 71.6 Å². The summed E-state index contributed by atoms with van der Waals surface area (Å²) in [6.45, 7) is 4.50. The second kappa shape index (κ2) is 25.1. The second-order valence-electron chi connectivity index (χ2n) is 7.28. The van der Waals surface area contributed by atoms with E-state index in [2.05, 4.69) is 79.8 Å². The molecule has 0 aromatic rings. The van der Waals surface area contributed by atoms with Gasteiger partial charge in [0.05, 0.1) is 13.2 Å². The Morgan fingerprint density at radius 2 is 1.22 bits per heavy atom. The summed E-state index contributed by atoms with van der Waals surface area (Å²) < 4.78 is 10.5. The van der Waals surface area contributed by atoms with E-state index in [1.165, 1.54) is 0 Å². The van der Waals surface area contributed by atoms with E-state index in [1.807, 2.05) is 0 Å². The van der Waals surface area contributed by atoms with Gasteiger partial charge >= 0.3 is 5.97 Å². The summed E-state index contributed by atoms with van der Waals surface area (Å²) in [5.74, 6) is -0.314. The van der Waals surface area contributed by atoms with Crippen LogP contribution in [-0.2, 0) is 14.3 Å². The number of aliphatic hydroxyl groups is 1. The van der Waals surface area contributed by atoms with Crippen LogP contribution in [0.15, 0.2) is 72.9 Å². The van der Waals surface area contributed by atoms with Crippen molar-refractivity contribution in [2.75, 3.05) is 19.8 Å². The van der Waals surface area contributed by atoms with Crippen LogP contribution in [-0.4, -0.2) is 37.0 Å². The predicted molar refractivity (Wildman–Crippen MR) is 136 cm³/mol. The van der Waals surface area contributed by atoms with E-state index >= 15 is 0 Å². The highest BCUT2D eigenvalue weighted by molar-refractivity contribution is 5.69. The monoisotopic (exact) mass is 444 g/mol. The third-order valence-corrected chi connectivity index (χ3v) is 4.35. The van der Waals surface area contributed by atoms with Gasteiger partial charge in [0, 0.05) is 13.0 Å². The summed E-state index contributed by atoms with van der Waals surface area (Å²) in [6.07, 6.45) is 34.0. The molecule has 0 saturated heterocycles. The Hall–Kier alpha value is -2.17. The molecular formula is C28H44O4. The minimum absolute atomic E-state index is 0.209. The van der Waals surface area contributed by atoms with E-state index in [1.54, 1.807) is 6.92 Å². The number of hydrogen-bond donors (Lipinski definition) is 1. The van der Waals surface area contributed by atoms with Gasteiger partial charge in [0.2, 0.25) is 0 Å². The van der Waals surface area contributed by atoms with E-state index in [9.17, 15) is 4.79 Å². The molecule has 0 heterocycles. The van der Waals surface area contributed by atoms with Crippen molar-refractivity contribution in [2.24, 2.45) is 0 Å². The Kier molecular flexibility index (Phi) is 23.4. The zero-order chi connectivity index (χ0) is 23.5. The highest BCUT2D eigenvalue weighted by atomic mass is 16.6. The summed E-state index contributed by atoms with van der Waals surface area (Å²) >= 11 is 0. The van der Waals surface area contributed by atoms with Gasteiger partial charge in [-0.2, -0.15) is 0 Å². The van der Waals surface area contributed by atoms with Crippen molar-refractivity contribution in [3.8, 4) is 0 Å². The van der Waals surface area contributed by atoms with Gasteiger partial charge in [-0.1, -0.05) is 86.8 Å². The van der Waals surface area contributed by atoms with Crippen molar-refractivity contribution < 1.29 is 19.4 Å². The molecule has 0 rings (SSSR count). The lowest BCUT2D eigenvalue weighted by Crippen LogP contribution is -2.27. The molecule has 0 fully saturated rings. The first-order valence-corrected chi connectivity index (χ1v) is 12.0. The van der Waals surface area contributed by atoms with E-state index in [-0.39, 0.29) is 19.2 Å². The average molecular weight is 445 g/mol. The zero-order valence-electron chi connectivity index (χ0n) is 20.2. The number of rotatable bonds is 20. The van der Waals surface area contributed by atoms with Gasteiger partial charge in [-0.05, 0) is 51.4 Å². The molecule has 0 saturated carbocycles. The van der Waals surface area contributed by atoms with Crippen LogP contribution >= 0.6 is 0 Å². The van der Waals surface area contributed by atoms with Crippen LogP contribution in [0.4, 0.5) is 0 Å². The van der Waals surface area contributed by atoms with Gasteiger partial charge in [0.25, 0.3) is 0 Å². The van der Waals surface area contributed by atoms with E-state index < -0.39 is 6.10 Å². The zero-order valence-corrected chi connectivity index (χ0v) is 20.2. The lowest BCUT2D eigenvalue weighted by Gasteiger charge is -2.15. The number of ether oxygens (including phenoxy) is 2. The number of carbonyl (C=O) groups is 1. The predicted octanol–water partition coefficient (Wildman–Crippen LogP) is 6.80. The fraction of sp³-hybridized carbons (Fsp3) is 0.536. The quantitative estimate of drug-likeness (QED) is 0.127. The fourth-order valence-electron chi connectivity index (χ4n) is 2.55. The minimum atomic E-state index is -0.562. The molecule has 4 nitrogen and oxygen atoms in total. The Morgan fingerprint density at radius 1 is 0.750 bits per heavy atom. The molecule has 4 heteroatoms. The molecular weight excluding hydrogens is 400 g/mol. The highest BCUT2D eigenvalue weighted by Gasteiger charge is 2.11. The van der Waals surface area contributed by atoms with Crippen molar-refractivity contribution >= 4 is 5.97 Å². The molecule has 0 aliphatic carbocycles. The molecule has 0 aliphatic heterocycles. The van der Waals surface area contributed by atoms with Crippen molar-refractivity contribution in [1.29, 1.82) is 0 Å². The van der Waals surface area contributed by atoms with Crippen molar-refractivity contribution in [3.63, 3.8) is 0 Å². The smallest absolute Gasteiger partial charge is 0.305 e. The van der Waals surface area contributed by atoms with Crippen LogP contribution in [0.2, 0.25) is 0 Å². The molecule has 32 heavy (non-hydrogen) atoms. The molecule has 1 N–H and O–H groups in total. The first kappa shape index (κ1) is 29.8. The van der Waals surface area contributed by atoms with Gasteiger partial charge in [0.15, 0.2) is 0 Å². The van der Waals surface area contributed by atoms with Crippen molar-refractivity contribution in [3.05, 3.63) is 72.9 Å². The molecule has 0 aromatic heterocycles. The summed E-state index contributed by atoms with van der Waals surface area (Å²) in [5, 5.41) is 9.16. The van der Waals surface area contributed by atoms with E-state index in [0.717, 1.165) is 51.4 Å². The number of hydrogen-bond acceptors (Lipinski definition) is 4. The molecule has 0 spiro atoms. The summed E-state index contributed by atoms with van der Waals surface area (Å²) in [5.41, 5.74) is 0. The normalized spacial score (nSPS) is 13.7. The van der Waals surface area contributed by atoms with Crippen LogP contribution in [0, 0.1) is 0 Å². The summed E-state index contributed by atoms with van der Waals surface area (Å²) in [4.78, 5) is 11.2. The molecule has 0 aliphatic rings. The van der Waals surface area contributed by atoms with Crippen molar-refractivity contribution in [1.82, 2.24) is 0 Å². The molecule has 1 unspecified atom stereocenters. The highest BCUT2D eigenvalue weighted by Crippen LogP contribution is 2.00. The Bertz CT molecular complexity index is 597. The van der Waals surface area contributed by atoms with Gasteiger partial charge < -0.3 is 14.6 Å². The molecule has 0 amide bonds. The Balaban J connectivity index is 3.58. The third kappa shape index (κ3) is 22.5. The third-order valence-electron chi connectivity index (χ3n) is 4.35. The fourth-order valence-corrected chi connectivity index (χ4v) is 2.55. The van der Waals surface area contributed by atoms with E-state index in [0.29, 0.717) is 13.0 Å². The lowest BCUT2D eigenvalue weighted by molar-refractivity contribution is -0.154. The molecule has 0 aromatic carbocycles. The first-order chi connectivity index (χ1) is 15.7. The lowest BCUT2D eigenvalue weighted by atomic mass is 10.2. The second-order valence-corrected chi connectivity index (χ2v) is 7.28. The Morgan fingerprint density at radius 3 is 1.66 bits per heavy atom. The summed E-state index contributed by atoms with van der Waals surface area (Å²) in [6, 6.07) is 0. The topological polar surface area (TPSA) is 55.8 Å². The number of aliphatic hydroxyl groups excluding tert-OH is 1. The minimum Gasteiger partial charge on any atom is -0.457 e. The van der Waals surface area contributed by atoms with Crippen molar-refractivity contribution in [2.45, 2.75) is 77.7 Å². The number of esters is 1. The molecule has 1 atom stereocenters. The maximum Gasteiger partial charge on any atom is 0.305 e. The van der Waals surface area contributed by atoms with Crippen LogP contribution in [0.5, 0.6) is 0 Å². The largest absolute Gasteiger partial charge is 0.457 e. The Labute approximate surface area is 196 Å². The van der Waals surface area contributed by atoms with Gasteiger partial charge in [-0.3, -0.25) is 4.79 Å². The van der Waals surface area contributed by atoms with Gasteiger partial charge in [-0.15, -0.1) is 0 Å². The van der Waals surface area contributed by atoms with Crippen LogP contribution < -0.4 is 0 Å². The van der Waals surface area contributed by atoms with Gasteiger partial charge in [0.1, 0.15) is 6.10 Å². The number of unbranched alkanes of at least 4 members (excludes halogenated alkanes) is 1. The van der Waals surface area contributed by atoms with Gasteiger partial charge in [-0.25, -0.2) is 0 Å². The standard InChI is InChI=1S/C28H44O4/c1-3-5-6-7-8-9-10-11-12-13-14-15-16-17-18-19-20-21-22-23-24-31-26-27(25-29)32-28(30)4-2/h5-6,8-9,11-12,14-15,17-18,20-21,27,29H,3-4,7,10,13,16,19,22-26H2,1-2H3/b6-5-,9-8-,12-11-,15-14-,18-17-,21-20-. The maximum atomic E-state index is 11.2. The van der Waals surface area contributed by atoms with Crippen LogP contribution in [0.25, 0.3) is 0 Å². The SMILES string of the molecule is CC/C=C\C/C=C\C/C=C\C/C=C\C/C=C\C/C=C\CCCOCC(CO)OC(=O)CC.